The van der Waals surface area contributed by atoms with Crippen molar-refractivity contribution < 1.29 is 13.9 Å². The average Bonchev–Trinajstić information content (AvgIpc) is 3.24. The van der Waals surface area contributed by atoms with Gasteiger partial charge in [0.15, 0.2) is 5.82 Å². The van der Waals surface area contributed by atoms with Crippen LogP contribution in [0.5, 0.6) is 11.8 Å². The third-order valence-corrected chi connectivity index (χ3v) is 7.27. The molecule has 3 aliphatic rings. The highest BCUT2D eigenvalue weighted by Gasteiger charge is 2.35. The lowest BCUT2D eigenvalue weighted by Gasteiger charge is -2.27. The smallest absolute Gasteiger partial charge is 0.258 e. The molecule has 1 aliphatic carbocycles. The molecule has 1 atom stereocenters. The molecule has 0 saturated carbocycles. The first kappa shape index (κ1) is 21.5. The zero-order valence-corrected chi connectivity index (χ0v) is 19.7. The summed E-state index contributed by atoms with van der Waals surface area (Å²) in [5, 5.41) is 3.00. The van der Waals surface area contributed by atoms with Crippen LogP contribution in [0.2, 0.25) is 5.28 Å². The largest absolute Gasteiger partial charge is 0.417 e. The zero-order valence-electron chi connectivity index (χ0n) is 19.0. The fourth-order valence-electron chi connectivity index (χ4n) is 5.24. The van der Waals surface area contributed by atoms with Gasteiger partial charge in [0.2, 0.25) is 11.2 Å². The van der Waals surface area contributed by atoms with E-state index in [9.17, 15) is 4.79 Å². The van der Waals surface area contributed by atoms with Crippen molar-refractivity contribution in [3.8, 4) is 23.0 Å². The number of aromatic nitrogens is 4. The predicted molar refractivity (Wildman–Crippen MR) is 124 cm³/mol. The Morgan fingerprint density at radius 2 is 2.06 bits per heavy atom. The van der Waals surface area contributed by atoms with Gasteiger partial charge in [0.05, 0.1) is 22.5 Å². The van der Waals surface area contributed by atoms with Gasteiger partial charge in [-0.2, -0.15) is 4.98 Å². The van der Waals surface area contributed by atoms with Crippen LogP contribution in [0.3, 0.4) is 0 Å². The summed E-state index contributed by atoms with van der Waals surface area (Å²) >= 11 is 6.15. The van der Waals surface area contributed by atoms with E-state index >= 15 is 4.39 Å². The third-order valence-electron chi connectivity index (χ3n) is 7.10. The van der Waals surface area contributed by atoms with E-state index in [4.69, 9.17) is 16.3 Å². The first-order valence-corrected chi connectivity index (χ1v) is 12.0. The van der Waals surface area contributed by atoms with Crippen molar-refractivity contribution in [2.24, 2.45) is 0 Å². The SMILES string of the molecule is CCN1CCc2nc(Cl)nc(Oc3ncc4c(c3F)-c3[nH]c5c(c3CC4)C(=O)NC[C@@H]5C)c2C1. The Bertz CT molecular complexity index is 1340. The van der Waals surface area contributed by atoms with Crippen LogP contribution < -0.4 is 10.1 Å². The number of amides is 1. The summed E-state index contributed by atoms with van der Waals surface area (Å²) in [6, 6.07) is 0. The Morgan fingerprint density at radius 3 is 2.88 bits per heavy atom. The topological polar surface area (TPSA) is 96.0 Å². The molecule has 2 N–H and O–H groups in total. The van der Waals surface area contributed by atoms with Crippen LogP contribution in [-0.2, 0) is 25.8 Å². The molecule has 0 saturated heterocycles. The minimum absolute atomic E-state index is 0.0661. The molecule has 0 unspecified atom stereocenters. The van der Waals surface area contributed by atoms with Gasteiger partial charge in [-0.25, -0.2) is 14.4 Å². The lowest BCUT2D eigenvalue weighted by Crippen LogP contribution is -2.34. The van der Waals surface area contributed by atoms with Crippen molar-refractivity contribution in [1.29, 1.82) is 0 Å². The maximum atomic E-state index is 16.0. The molecule has 2 aliphatic heterocycles. The molecule has 5 heterocycles. The van der Waals surface area contributed by atoms with Crippen molar-refractivity contribution in [3.05, 3.63) is 50.9 Å². The quantitative estimate of drug-likeness (QED) is 0.552. The fraction of sp³-hybridized carbons (Fsp3) is 0.417. The molecule has 0 radical (unpaired) electrons. The van der Waals surface area contributed by atoms with Gasteiger partial charge >= 0.3 is 0 Å². The van der Waals surface area contributed by atoms with Crippen molar-refractivity contribution in [2.45, 2.75) is 45.6 Å². The van der Waals surface area contributed by atoms with E-state index in [-0.39, 0.29) is 28.9 Å². The number of ether oxygens (including phenoxy) is 1. The van der Waals surface area contributed by atoms with E-state index in [1.165, 1.54) is 0 Å². The molecule has 176 valence electrons. The molecular formula is C24H24ClFN6O2. The number of nitrogens with one attached hydrogen (secondary N) is 2. The fourth-order valence-corrected chi connectivity index (χ4v) is 5.42. The van der Waals surface area contributed by atoms with Gasteiger partial charge in [-0.15, -0.1) is 0 Å². The zero-order chi connectivity index (χ0) is 23.6. The third kappa shape index (κ3) is 3.29. The Hall–Kier alpha value is -3.04. The number of carbonyl (C=O) groups excluding carboxylic acids is 1. The number of halogens is 2. The van der Waals surface area contributed by atoms with Crippen LogP contribution in [0, 0.1) is 5.82 Å². The first-order chi connectivity index (χ1) is 16.4. The van der Waals surface area contributed by atoms with Gasteiger partial charge < -0.3 is 15.0 Å². The summed E-state index contributed by atoms with van der Waals surface area (Å²) in [5.41, 5.74) is 5.80. The molecule has 10 heteroatoms. The number of rotatable bonds is 3. The van der Waals surface area contributed by atoms with Crippen LogP contribution in [0.4, 0.5) is 4.39 Å². The van der Waals surface area contributed by atoms with Gasteiger partial charge in [-0.05, 0) is 42.1 Å². The molecule has 3 aromatic heterocycles. The van der Waals surface area contributed by atoms with Crippen molar-refractivity contribution in [2.75, 3.05) is 19.6 Å². The standard InChI is InChI=1S/C24H24ClFN6O2/c1-3-32-7-6-15-14(10-32)22(31-24(25)29-15)34-23-18(26)16-12(9-28-23)4-5-13-17-19(30-20(13)16)11(2)8-27-21(17)33/h9,11,30H,3-8,10H2,1-2H3,(H,27,33)/t11-/m0/s1. The van der Waals surface area contributed by atoms with Crippen LogP contribution in [0.15, 0.2) is 6.20 Å². The van der Waals surface area contributed by atoms with Gasteiger partial charge in [0, 0.05) is 49.4 Å². The summed E-state index contributed by atoms with van der Waals surface area (Å²) in [5.74, 6) is -0.491. The summed E-state index contributed by atoms with van der Waals surface area (Å²) in [6.07, 6.45) is 3.61. The second-order valence-electron chi connectivity index (χ2n) is 9.10. The van der Waals surface area contributed by atoms with Crippen molar-refractivity contribution in [1.82, 2.24) is 30.2 Å². The van der Waals surface area contributed by atoms with E-state index in [0.717, 1.165) is 47.6 Å². The highest BCUT2D eigenvalue weighted by molar-refractivity contribution is 6.28. The number of nitrogens with zero attached hydrogens (tertiary/aromatic N) is 4. The maximum Gasteiger partial charge on any atom is 0.258 e. The molecule has 3 aromatic rings. The summed E-state index contributed by atoms with van der Waals surface area (Å²) in [7, 11) is 0. The van der Waals surface area contributed by atoms with Gasteiger partial charge in [0.1, 0.15) is 0 Å². The van der Waals surface area contributed by atoms with Gasteiger partial charge in [-0.1, -0.05) is 13.8 Å². The predicted octanol–water partition coefficient (Wildman–Crippen LogP) is 3.78. The van der Waals surface area contributed by atoms with Crippen molar-refractivity contribution >= 4 is 17.5 Å². The molecule has 0 bridgehead atoms. The minimum Gasteiger partial charge on any atom is -0.417 e. The van der Waals surface area contributed by atoms with Crippen LogP contribution in [0.1, 0.15) is 58.2 Å². The van der Waals surface area contributed by atoms with Gasteiger partial charge in [-0.3, -0.25) is 9.69 Å². The number of aryl methyl sites for hydroxylation is 1. The summed E-state index contributed by atoms with van der Waals surface area (Å²) < 4.78 is 21.9. The Balaban J connectivity index is 1.44. The monoisotopic (exact) mass is 482 g/mol. The first-order valence-electron chi connectivity index (χ1n) is 11.6. The Morgan fingerprint density at radius 1 is 1.21 bits per heavy atom. The number of carbonyl (C=O) groups is 1. The second kappa shape index (κ2) is 8.02. The highest BCUT2D eigenvalue weighted by atomic mass is 35.5. The van der Waals surface area contributed by atoms with E-state index < -0.39 is 5.82 Å². The lowest BCUT2D eigenvalue weighted by atomic mass is 9.87. The minimum atomic E-state index is -0.572. The van der Waals surface area contributed by atoms with E-state index in [0.29, 0.717) is 42.8 Å². The number of fused-ring (bicyclic) bond motifs is 6. The molecule has 0 fully saturated rings. The van der Waals surface area contributed by atoms with Crippen LogP contribution >= 0.6 is 11.6 Å². The number of likely N-dealkylation sites (N-methyl/N-ethyl adjacent to an activating group) is 1. The molecular weight excluding hydrogens is 459 g/mol. The second-order valence-corrected chi connectivity index (χ2v) is 9.44. The highest BCUT2D eigenvalue weighted by Crippen LogP contribution is 2.42. The maximum absolute atomic E-state index is 16.0. The van der Waals surface area contributed by atoms with E-state index in [1.807, 2.05) is 6.92 Å². The van der Waals surface area contributed by atoms with Gasteiger partial charge in [0.25, 0.3) is 11.8 Å². The van der Waals surface area contributed by atoms with Crippen molar-refractivity contribution in [3.63, 3.8) is 0 Å². The molecule has 34 heavy (non-hydrogen) atoms. The normalized spacial score (nSPS) is 19.1. The Labute approximate surface area is 200 Å². The molecule has 0 spiro atoms. The van der Waals surface area contributed by atoms with E-state index in [1.54, 1.807) is 6.20 Å². The number of aromatic amines is 1. The number of hydrogen-bond donors (Lipinski definition) is 2. The molecule has 1 amide bonds. The Kier molecular flexibility index (Phi) is 5.07. The van der Waals surface area contributed by atoms with Crippen LogP contribution in [-0.4, -0.2) is 50.4 Å². The number of hydrogen-bond acceptors (Lipinski definition) is 6. The molecule has 8 nitrogen and oxygen atoms in total. The average molecular weight is 483 g/mol. The molecule has 0 aromatic carbocycles. The van der Waals surface area contributed by atoms with Crippen LogP contribution in [0.25, 0.3) is 11.3 Å². The summed E-state index contributed by atoms with van der Waals surface area (Å²) in [4.78, 5) is 31.1. The molecule has 6 rings (SSSR count). The number of H-pyrrole nitrogens is 1. The number of pyridine rings is 1. The summed E-state index contributed by atoms with van der Waals surface area (Å²) in [6.45, 7) is 7.03. The van der Waals surface area contributed by atoms with E-state index in [2.05, 4.69) is 37.1 Å². The lowest BCUT2D eigenvalue weighted by molar-refractivity contribution is 0.0940.